The molecular formula is C20H24FN3O. The Labute approximate surface area is 147 Å². The standard InChI is InChI=1S/C20H24FN3O/c21-17-10-5-4-9-15(17)16-13-22-23-19(16)18-11-6-12-24(18)20(25)14-7-2-1-3-8-14/h4-5,9-10,13-14,18H,1-3,6-8,11-12H2,(H,22,23)/t18-/m1/s1. The van der Waals surface area contributed by atoms with Crippen molar-refractivity contribution in [1.29, 1.82) is 0 Å². The molecule has 1 aromatic heterocycles. The minimum Gasteiger partial charge on any atom is -0.334 e. The molecule has 2 aliphatic rings. The van der Waals surface area contributed by atoms with E-state index in [4.69, 9.17) is 0 Å². The molecule has 0 radical (unpaired) electrons. The maximum Gasteiger partial charge on any atom is 0.226 e. The molecule has 1 saturated carbocycles. The van der Waals surface area contributed by atoms with Gasteiger partial charge in [-0.15, -0.1) is 0 Å². The summed E-state index contributed by atoms with van der Waals surface area (Å²) < 4.78 is 14.2. The second kappa shape index (κ2) is 6.98. The molecule has 0 bridgehead atoms. The number of carbonyl (C=O) groups excluding carboxylic acids is 1. The molecule has 4 nitrogen and oxygen atoms in total. The molecule has 1 amide bonds. The molecule has 2 aromatic rings. The van der Waals surface area contributed by atoms with Gasteiger partial charge in [-0.1, -0.05) is 37.5 Å². The minimum atomic E-state index is -0.256. The number of hydrogen-bond acceptors (Lipinski definition) is 2. The van der Waals surface area contributed by atoms with E-state index in [0.717, 1.165) is 56.3 Å². The van der Waals surface area contributed by atoms with Gasteiger partial charge in [0.1, 0.15) is 5.82 Å². The number of hydrogen-bond donors (Lipinski definition) is 1. The summed E-state index contributed by atoms with van der Waals surface area (Å²) >= 11 is 0. The summed E-state index contributed by atoms with van der Waals surface area (Å²) in [4.78, 5) is 15.0. The Bertz CT molecular complexity index is 751. The van der Waals surface area contributed by atoms with Crippen molar-refractivity contribution in [3.05, 3.63) is 42.0 Å². The summed E-state index contributed by atoms with van der Waals surface area (Å²) in [7, 11) is 0. The number of halogens is 1. The lowest BCUT2D eigenvalue weighted by molar-refractivity contribution is -0.137. The van der Waals surface area contributed by atoms with Gasteiger partial charge in [0.2, 0.25) is 5.91 Å². The second-order valence-corrected chi connectivity index (χ2v) is 7.20. The Balaban J connectivity index is 1.62. The molecule has 1 aliphatic carbocycles. The quantitative estimate of drug-likeness (QED) is 0.896. The first-order valence-corrected chi connectivity index (χ1v) is 9.34. The van der Waals surface area contributed by atoms with Gasteiger partial charge in [0.15, 0.2) is 0 Å². The van der Waals surface area contributed by atoms with Crippen LogP contribution in [0.5, 0.6) is 0 Å². The highest BCUT2D eigenvalue weighted by atomic mass is 19.1. The van der Waals surface area contributed by atoms with E-state index in [2.05, 4.69) is 10.2 Å². The number of benzene rings is 1. The van der Waals surface area contributed by atoms with E-state index in [1.807, 2.05) is 11.0 Å². The zero-order valence-corrected chi connectivity index (χ0v) is 14.4. The number of aromatic amines is 1. The highest BCUT2D eigenvalue weighted by Gasteiger charge is 2.36. The van der Waals surface area contributed by atoms with E-state index >= 15 is 0 Å². The molecule has 0 spiro atoms. The maximum atomic E-state index is 14.2. The van der Waals surface area contributed by atoms with Crippen LogP contribution in [0.2, 0.25) is 0 Å². The average molecular weight is 341 g/mol. The number of rotatable bonds is 3. The van der Waals surface area contributed by atoms with Crippen LogP contribution in [0, 0.1) is 11.7 Å². The van der Waals surface area contributed by atoms with E-state index in [0.29, 0.717) is 5.56 Å². The Morgan fingerprint density at radius 3 is 2.68 bits per heavy atom. The Hall–Kier alpha value is -2.17. The highest BCUT2D eigenvalue weighted by Crippen LogP contribution is 2.39. The lowest BCUT2D eigenvalue weighted by Crippen LogP contribution is -2.36. The molecule has 4 rings (SSSR count). The zero-order valence-electron chi connectivity index (χ0n) is 14.4. The van der Waals surface area contributed by atoms with E-state index < -0.39 is 0 Å². The van der Waals surface area contributed by atoms with Crippen molar-refractivity contribution in [2.24, 2.45) is 5.92 Å². The Morgan fingerprint density at radius 2 is 1.88 bits per heavy atom. The van der Waals surface area contributed by atoms with Crippen LogP contribution >= 0.6 is 0 Å². The Kier molecular flexibility index (Phi) is 4.55. The third-order valence-corrected chi connectivity index (χ3v) is 5.66. The van der Waals surface area contributed by atoms with Crippen molar-refractivity contribution in [3.8, 4) is 11.1 Å². The number of nitrogens with zero attached hydrogens (tertiary/aromatic N) is 2. The monoisotopic (exact) mass is 341 g/mol. The van der Waals surface area contributed by atoms with Crippen molar-refractivity contribution >= 4 is 5.91 Å². The third-order valence-electron chi connectivity index (χ3n) is 5.66. The lowest BCUT2D eigenvalue weighted by atomic mass is 9.88. The van der Waals surface area contributed by atoms with Gasteiger partial charge in [-0.05, 0) is 31.7 Å². The topological polar surface area (TPSA) is 49.0 Å². The van der Waals surface area contributed by atoms with E-state index in [1.54, 1.807) is 18.3 Å². The van der Waals surface area contributed by atoms with Gasteiger partial charge >= 0.3 is 0 Å². The normalized spacial score (nSPS) is 21.6. The molecule has 132 valence electrons. The summed E-state index contributed by atoms with van der Waals surface area (Å²) in [6.45, 7) is 0.787. The van der Waals surface area contributed by atoms with Gasteiger partial charge in [-0.25, -0.2) is 4.39 Å². The van der Waals surface area contributed by atoms with E-state index in [1.165, 1.54) is 12.5 Å². The van der Waals surface area contributed by atoms with Gasteiger partial charge in [0.05, 0.1) is 17.9 Å². The molecule has 1 aromatic carbocycles. The fourth-order valence-electron chi connectivity index (χ4n) is 4.36. The fourth-order valence-corrected chi connectivity index (χ4v) is 4.36. The van der Waals surface area contributed by atoms with Gasteiger partial charge in [0, 0.05) is 23.6 Å². The maximum absolute atomic E-state index is 14.2. The van der Waals surface area contributed by atoms with Crippen LogP contribution in [0.3, 0.4) is 0 Å². The number of amides is 1. The SMILES string of the molecule is O=C(C1CCCCC1)N1CCC[C@@H]1c1[nH]ncc1-c1ccccc1F. The van der Waals surface area contributed by atoms with Crippen LogP contribution in [-0.4, -0.2) is 27.5 Å². The molecule has 2 heterocycles. The van der Waals surface area contributed by atoms with Crippen molar-refractivity contribution in [2.75, 3.05) is 6.54 Å². The van der Waals surface area contributed by atoms with Crippen LogP contribution < -0.4 is 0 Å². The molecular weight excluding hydrogens is 317 g/mol. The molecule has 1 atom stereocenters. The van der Waals surface area contributed by atoms with Crippen LogP contribution in [-0.2, 0) is 4.79 Å². The summed E-state index contributed by atoms with van der Waals surface area (Å²) in [5.41, 5.74) is 2.18. The van der Waals surface area contributed by atoms with Gasteiger partial charge in [-0.2, -0.15) is 5.10 Å². The van der Waals surface area contributed by atoms with Crippen molar-refractivity contribution in [3.63, 3.8) is 0 Å². The first-order chi connectivity index (χ1) is 12.3. The average Bonchev–Trinajstić information content (AvgIpc) is 3.31. The summed E-state index contributed by atoms with van der Waals surface area (Å²) in [5.74, 6) is 0.179. The number of likely N-dealkylation sites (tertiary alicyclic amines) is 1. The first kappa shape index (κ1) is 16.3. The second-order valence-electron chi connectivity index (χ2n) is 7.20. The first-order valence-electron chi connectivity index (χ1n) is 9.34. The van der Waals surface area contributed by atoms with Gasteiger partial charge < -0.3 is 4.90 Å². The van der Waals surface area contributed by atoms with Crippen molar-refractivity contribution in [1.82, 2.24) is 15.1 Å². The lowest BCUT2D eigenvalue weighted by Gasteiger charge is -2.30. The van der Waals surface area contributed by atoms with Crippen LogP contribution in [0.25, 0.3) is 11.1 Å². The minimum absolute atomic E-state index is 0.0217. The molecule has 1 aliphatic heterocycles. The number of H-pyrrole nitrogens is 1. The third kappa shape index (κ3) is 3.08. The summed E-state index contributed by atoms with van der Waals surface area (Å²) in [6, 6.07) is 6.73. The van der Waals surface area contributed by atoms with Crippen LogP contribution in [0.1, 0.15) is 56.7 Å². The molecule has 25 heavy (non-hydrogen) atoms. The Morgan fingerprint density at radius 1 is 1.08 bits per heavy atom. The smallest absolute Gasteiger partial charge is 0.226 e. The molecule has 1 N–H and O–H groups in total. The molecule has 1 saturated heterocycles. The highest BCUT2D eigenvalue weighted by molar-refractivity contribution is 5.80. The van der Waals surface area contributed by atoms with Gasteiger partial charge in [0.25, 0.3) is 0 Å². The predicted molar refractivity (Wildman–Crippen MR) is 94.2 cm³/mol. The largest absolute Gasteiger partial charge is 0.334 e. The fraction of sp³-hybridized carbons (Fsp3) is 0.500. The van der Waals surface area contributed by atoms with E-state index in [-0.39, 0.29) is 23.7 Å². The van der Waals surface area contributed by atoms with Crippen molar-refractivity contribution < 1.29 is 9.18 Å². The van der Waals surface area contributed by atoms with Crippen molar-refractivity contribution in [2.45, 2.75) is 51.0 Å². The van der Waals surface area contributed by atoms with Crippen LogP contribution in [0.4, 0.5) is 4.39 Å². The molecule has 2 fully saturated rings. The number of carbonyl (C=O) groups is 1. The van der Waals surface area contributed by atoms with Gasteiger partial charge in [-0.3, -0.25) is 9.89 Å². The predicted octanol–water partition coefficient (Wildman–Crippen LogP) is 4.46. The summed E-state index contributed by atoms with van der Waals surface area (Å²) in [6.07, 6.45) is 9.12. The molecule has 5 heteroatoms. The summed E-state index contributed by atoms with van der Waals surface area (Å²) in [5, 5.41) is 7.21. The van der Waals surface area contributed by atoms with Crippen LogP contribution in [0.15, 0.2) is 30.5 Å². The molecule has 0 unspecified atom stereocenters. The number of aromatic nitrogens is 2. The zero-order chi connectivity index (χ0) is 17.2. The number of nitrogens with one attached hydrogen (secondary N) is 1. The van der Waals surface area contributed by atoms with E-state index in [9.17, 15) is 9.18 Å².